The number of anilines is 3. The Labute approximate surface area is 495 Å². The van der Waals surface area contributed by atoms with Gasteiger partial charge in [0, 0.05) is 43.2 Å². The lowest BCUT2D eigenvalue weighted by Gasteiger charge is -2.50. The van der Waals surface area contributed by atoms with Gasteiger partial charge in [-0.1, -0.05) is 244 Å². The molecule has 398 valence electrons. The average Bonchev–Trinajstić information content (AvgIpc) is 1.90. The van der Waals surface area contributed by atoms with E-state index in [0.29, 0.717) is 0 Å². The molecule has 2 heteroatoms. The quantitative estimate of drug-likeness (QED) is 0.154. The first-order chi connectivity index (χ1) is 41.3. The van der Waals surface area contributed by atoms with Gasteiger partial charge < -0.3 is 4.90 Å². The first-order valence-corrected chi connectivity index (χ1v) is 30.5. The Balaban J connectivity index is 0.925. The van der Waals surface area contributed by atoms with Crippen LogP contribution in [-0.4, -0.2) is 0 Å². The molecule has 0 bridgehead atoms. The van der Waals surface area contributed by atoms with Gasteiger partial charge in [-0.2, -0.15) is 0 Å². The molecule has 1 aromatic heterocycles. The third-order valence-electron chi connectivity index (χ3n) is 19.9. The monoisotopic (exact) mass is 1090 g/mol. The van der Waals surface area contributed by atoms with Gasteiger partial charge in [0.05, 0.1) is 10.8 Å². The fourth-order valence-electron chi connectivity index (χ4n) is 16.4. The molecule has 1 heterocycles. The topological polar surface area (TPSA) is 3.24 Å². The molecule has 0 amide bonds. The van der Waals surface area contributed by atoms with Crippen molar-refractivity contribution in [2.75, 3.05) is 4.90 Å². The minimum atomic E-state index is -0.573. The van der Waals surface area contributed by atoms with Crippen molar-refractivity contribution >= 4 is 64.9 Å². The molecule has 0 saturated carbocycles. The first kappa shape index (κ1) is 49.0. The summed E-state index contributed by atoms with van der Waals surface area (Å²) in [6, 6.07) is 99.6. The summed E-state index contributed by atoms with van der Waals surface area (Å²) in [5.41, 5.74) is 26.8. The van der Waals surface area contributed by atoms with Crippen molar-refractivity contribution in [2.24, 2.45) is 11.3 Å². The lowest BCUT2D eigenvalue weighted by Crippen LogP contribution is -2.45. The number of nitrogens with zero attached hydrogens (tertiary/aromatic N) is 1. The van der Waals surface area contributed by atoms with Gasteiger partial charge in [-0.3, -0.25) is 0 Å². The summed E-state index contributed by atoms with van der Waals surface area (Å²) in [6.07, 6.45) is 7.28. The second-order valence-corrected chi connectivity index (χ2v) is 25.4. The number of rotatable bonds is 7. The van der Waals surface area contributed by atoms with E-state index in [1.165, 1.54) is 137 Å². The van der Waals surface area contributed by atoms with Gasteiger partial charge in [0.25, 0.3) is 0 Å². The van der Waals surface area contributed by atoms with E-state index in [1.807, 2.05) is 11.3 Å². The molecule has 4 aliphatic rings. The molecule has 13 aromatic rings. The third-order valence-corrected chi connectivity index (χ3v) is 21.0. The Morgan fingerprint density at radius 3 is 1.68 bits per heavy atom. The van der Waals surface area contributed by atoms with Crippen molar-refractivity contribution in [3.05, 3.63) is 335 Å². The second kappa shape index (κ2) is 18.2. The number of allylic oxidation sites excluding steroid dienone is 4. The fraction of sp³-hybridized carbons (Fsp3) is 0.0976. The van der Waals surface area contributed by atoms with E-state index in [9.17, 15) is 0 Å². The molecule has 0 saturated heterocycles. The van der Waals surface area contributed by atoms with Crippen LogP contribution in [0.3, 0.4) is 0 Å². The van der Waals surface area contributed by atoms with Gasteiger partial charge >= 0.3 is 0 Å². The predicted octanol–water partition coefficient (Wildman–Crippen LogP) is 21.9. The van der Waals surface area contributed by atoms with Gasteiger partial charge in [-0.05, 0) is 184 Å². The number of fused-ring (bicyclic) bond motifs is 18. The van der Waals surface area contributed by atoms with Gasteiger partial charge in [0.2, 0.25) is 0 Å². The van der Waals surface area contributed by atoms with Crippen LogP contribution in [0.25, 0.3) is 81.0 Å². The normalized spacial score (nSPS) is 18.3. The summed E-state index contributed by atoms with van der Waals surface area (Å²) in [4.78, 5) is 2.57. The summed E-state index contributed by atoms with van der Waals surface area (Å²) in [5, 5.41) is 5.19. The van der Waals surface area contributed by atoms with Crippen molar-refractivity contribution in [1.29, 1.82) is 0 Å². The van der Waals surface area contributed by atoms with Crippen molar-refractivity contribution < 1.29 is 0 Å². The predicted molar refractivity (Wildman–Crippen MR) is 355 cm³/mol. The van der Waals surface area contributed by atoms with Crippen molar-refractivity contribution in [2.45, 2.75) is 38.5 Å². The number of hydrogen-bond donors (Lipinski definition) is 0. The highest BCUT2D eigenvalue weighted by atomic mass is 32.1. The summed E-state index contributed by atoms with van der Waals surface area (Å²) >= 11 is 1.88. The van der Waals surface area contributed by atoms with Crippen LogP contribution in [0.5, 0.6) is 0 Å². The van der Waals surface area contributed by atoms with Crippen LogP contribution in [-0.2, 0) is 10.8 Å². The molecule has 0 fully saturated rings. The van der Waals surface area contributed by atoms with Gasteiger partial charge in [0.1, 0.15) is 0 Å². The number of hydrogen-bond acceptors (Lipinski definition) is 2. The van der Waals surface area contributed by atoms with Crippen LogP contribution in [0.2, 0.25) is 0 Å². The third kappa shape index (κ3) is 6.60. The number of thiophene rings is 1. The maximum absolute atomic E-state index is 2.59. The molecule has 0 radical (unpaired) electrons. The molecular weight excluding hydrogens is 1030 g/mol. The second-order valence-electron chi connectivity index (χ2n) is 24.3. The van der Waals surface area contributed by atoms with E-state index < -0.39 is 10.8 Å². The van der Waals surface area contributed by atoms with E-state index in [2.05, 4.69) is 312 Å². The summed E-state index contributed by atoms with van der Waals surface area (Å²) < 4.78 is 2.62. The van der Waals surface area contributed by atoms with E-state index in [0.717, 1.165) is 17.1 Å². The van der Waals surface area contributed by atoms with Gasteiger partial charge in [0.15, 0.2) is 0 Å². The van der Waals surface area contributed by atoms with Crippen molar-refractivity contribution in [1.82, 2.24) is 0 Å². The van der Waals surface area contributed by atoms with E-state index >= 15 is 0 Å². The molecular formula is C82H59NS. The Morgan fingerprint density at radius 2 is 0.929 bits per heavy atom. The van der Waals surface area contributed by atoms with Crippen LogP contribution < -0.4 is 4.90 Å². The molecule has 12 aromatic carbocycles. The SMILES string of the molecule is Cc1ccccc1C1=CC=CC(C2(c3ccccc3C)c3ccccc3-c3ccc(N(c4ccc(-c5cccc6sc7ccccc7c56)cc4)c4ccc5c(c4)C4(c6ccccc6-5)c5ccccc5-c5c4ccc4ccccc54)cc32)C1(C)C. The fourth-order valence-corrected chi connectivity index (χ4v) is 17.5. The zero-order valence-corrected chi connectivity index (χ0v) is 48.3. The summed E-state index contributed by atoms with van der Waals surface area (Å²) in [7, 11) is 0. The van der Waals surface area contributed by atoms with Crippen LogP contribution in [0.4, 0.5) is 17.1 Å². The van der Waals surface area contributed by atoms with Crippen LogP contribution in [0.1, 0.15) is 69.5 Å². The number of benzene rings is 12. The Kier molecular flexibility index (Phi) is 10.6. The highest BCUT2D eigenvalue weighted by molar-refractivity contribution is 7.25. The molecule has 1 spiro atoms. The van der Waals surface area contributed by atoms with Crippen molar-refractivity contribution in [3.8, 4) is 44.5 Å². The lowest BCUT2D eigenvalue weighted by molar-refractivity contribution is 0.272. The van der Waals surface area contributed by atoms with Gasteiger partial charge in [-0.15, -0.1) is 11.3 Å². The Morgan fingerprint density at radius 1 is 0.381 bits per heavy atom. The summed E-state index contributed by atoms with van der Waals surface area (Å²) in [5.74, 6) is 0.0314. The summed E-state index contributed by atoms with van der Waals surface area (Å²) in [6.45, 7) is 9.59. The standard InChI is InChI=1S/C82H59NS/c1-51-21-5-8-24-58(51)68-35-20-38-77(80(68,3)4)82(67-31-14-6-22-52(67)2)70-33-16-11-27-62(70)64-47-45-57(50-74(64)82)83(55-42-39-54(40-43-55)60-30-19-37-76-79(60)66-29-13-18-36-75(66)84-76)56-44-46-63-61-26-10-15-32-69(61)81(73(63)49-56)71-34-17-12-28-65(71)78-59-25-9-7-23-53(59)41-48-72(78)81/h5-50,77H,1-4H3. The largest absolute Gasteiger partial charge is 0.310 e. The molecule has 4 aliphatic carbocycles. The molecule has 3 unspecified atom stereocenters. The van der Waals surface area contributed by atoms with E-state index in [-0.39, 0.29) is 11.3 Å². The zero-order valence-electron chi connectivity index (χ0n) is 47.5. The number of aryl methyl sites for hydroxylation is 2. The Bertz CT molecular complexity index is 4990. The Hall–Kier alpha value is -9.60. The van der Waals surface area contributed by atoms with E-state index in [1.54, 1.807) is 0 Å². The minimum absolute atomic E-state index is 0.0314. The molecule has 0 N–H and O–H groups in total. The van der Waals surface area contributed by atoms with Gasteiger partial charge in [-0.25, -0.2) is 0 Å². The van der Waals surface area contributed by atoms with Crippen LogP contribution in [0.15, 0.2) is 279 Å². The molecule has 17 rings (SSSR count). The molecule has 1 nitrogen and oxygen atoms in total. The average molecular weight is 1090 g/mol. The first-order valence-electron chi connectivity index (χ1n) is 29.7. The maximum Gasteiger partial charge on any atom is 0.0726 e. The highest BCUT2D eigenvalue weighted by Crippen LogP contribution is 2.67. The highest BCUT2D eigenvalue weighted by Gasteiger charge is 2.56. The molecule has 3 atom stereocenters. The van der Waals surface area contributed by atoms with Crippen molar-refractivity contribution in [3.63, 3.8) is 0 Å². The smallest absolute Gasteiger partial charge is 0.0726 e. The van der Waals surface area contributed by atoms with Crippen LogP contribution in [0, 0.1) is 25.2 Å². The maximum atomic E-state index is 2.59. The van der Waals surface area contributed by atoms with Crippen LogP contribution >= 0.6 is 11.3 Å². The molecule has 0 aliphatic heterocycles. The van der Waals surface area contributed by atoms with E-state index in [4.69, 9.17) is 0 Å². The minimum Gasteiger partial charge on any atom is -0.310 e. The lowest BCUT2D eigenvalue weighted by atomic mass is 9.52. The molecule has 84 heavy (non-hydrogen) atoms. The zero-order chi connectivity index (χ0) is 56.1.